The molecule has 146 valence electrons. The molecule has 3 rings (SSSR count). The van der Waals surface area contributed by atoms with Crippen LogP contribution < -0.4 is 26.6 Å². The first-order valence-corrected chi connectivity index (χ1v) is 8.91. The van der Waals surface area contributed by atoms with Crippen LogP contribution in [0.2, 0.25) is 0 Å². The minimum absolute atomic E-state index is 0.173. The Bertz CT molecular complexity index is 1240. The lowest BCUT2D eigenvalue weighted by Crippen LogP contribution is -2.52. The molecule has 0 aliphatic heterocycles. The number of aromatic amines is 2. The first kappa shape index (κ1) is 19.4. The fraction of sp³-hybridized carbons (Fsp3) is 0.286. The van der Waals surface area contributed by atoms with Crippen LogP contribution in [0.4, 0.5) is 0 Å². The number of benzene rings is 1. The van der Waals surface area contributed by atoms with E-state index in [9.17, 15) is 9.59 Å². The molecule has 0 bridgehead atoms. The predicted molar refractivity (Wildman–Crippen MR) is 109 cm³/mol. The van der Waals surface area contributed by atoms with Crippen molar-refractivity contribution in [3.63, 3.8) is 0 Å². The molecule has 2 N–H and O–H groups in total. The predicted octanol–water partition coefficient (Wildman–Crippen LogP) is 0.760. The van der Waals surface area contributed by atoms with Gasteiger partial charge in [0.05, 0.1) is 19.1 Å². The summed E-state index contributed by atoms with van der Waals surface area (Å²) < 4.78 is 6.54. The lowest BCUT2D eigenvalue weighted by molar-refractivity contribution is 0.414. The quantitative estimate of drug-likeness (QED) is 0.702. The second-order valence-electron chi connectivity index (χ2n) is 7.60. The van der Waals surface area contributed by atoms with E-state index in [0.29, 0.717) is 11.4 Å². The average molecular weight is 380 g/mol. The van der Waals surface area contributed by atoms with Crippen LogP contribution in [0.5, 0.6) is 5.75 Å². The van der Waals surface area contributed by atoms with Gasteiger partial charge in [-0.3, -0.25) is 9.59 Å². The van der Waals surface area contributed by atoms with Gasteiger partial charge >= 0.3 is 0 Å². The zero-order chi connectivity index (χ0) is 20.5. The topological polar surface area (TPSA) is 92.8 Å². The van der Waals surface area contributed by atoms with E-state index in [-0.39, 0.29) is 27.2 Å². The third-order valence-electron chi connectivity index (χ3n) is 4.47. The highest BCUT2D eigenvalue weighted by Crippen LogP contribution is 2.22. The van der Waals surface area contributed by atoms with Crippen LogP contribution in [0.25, 0.3) is 12.2 Å². The fourth-order valence-corrected chi connectivity index (χ4v) is 2.98. The van der Waals surface area contributed by atoms with Gasteiger partial charge in [0.2, 0.25) is 0 Å². The summed E-state index contributed by atoms with van der Waals surface area (Å²) >= 11 is 0. The van der Waals surface area contributed by atoms with Gasteiger partial charge in [-0.25, -0.2) is 4.98 Å². The highest BCUT2D eigenvalue weighted by atomic mass is 16.5. The van der Waals surface area contributed by atoms with Gasteiger partial charge in [0, 0.05) is 18.2 Å². The SMILES string of the molecule is COc1cccc(/C=c2\[nH]c(=O)/c(=C/c3nc[nH]c3C(C)(C)C)n(C)c2=O)c1. The van der Waals surface area contributed by atoms with Crippen LogP contribution in [0.3, 0.4) is 0 Å². The summed E-state index contributed by atoms with van der Waals surface area (Å²) in [4.78, 5) is 35.6. The third-order valence-corrected chi connectivity index (χ3v) is 4.47. The Labute approximate surface area is 162 Å². The van der Waals surface area contributed by atoms with E-state index in [1.807, 2.05) is 39.0 Å². The number of hydrogen-bond acceptors (Lipinski definition) is 4. The second kappa shape index (κ2) is 7.34. The van der Waals surface area contributed by atoms with Crippen molar-refractivity contribution in [2.45, 2.75) is 26.2 Å². The molecule has 0 saturated heterocycles. The van der Waals surface area contributed by atoms with Crippen LogP contribution >= 0.6 is 0 Å². The zero-order valence-corrected chi connectivity index (χ0v) is 16.7. The van der Waals surface area contributed by atoms with Gasteiger partial charge in [-0.2, -0.15) is 0 Å². The number of nitrogens with one attached hydrogen (secondary N) is 2. The molecule has 2 heterocycles. The smallest absolute Gasteiger partial charge is 0.274 e. The summed E-state index contributed by atoms with van der Waals surface area (Å²) in [5.41, 5.74) is 1.45. The van der Waals surface area contributed by atoms with Crippen molar-refractivity contribution in [3.8, 4) is 5.75 Å². The van der Waals surface area contributed by atoms with Gasteiger partial charge in [-0.05, 0) is 29.8 Å². The summed E-state index contributed by atoms with van der Waals surface area (Å²) in [6.45, 7) is 6.15. The number of hydrogen-bond donors (Lipinski definition) is 2. The molecule has 0 spiro atoms. The first-order valence-electron chi connectivity index (χ1n) is 8.91. The van der Waals surface area contributed by atoms with Crippen molar-refractivity contribution in [2.75, 3.05) is 7.11 Å². The maximum absolute atomic E-state index is 12.8. The molecule has 28 heavy (non-hydrogen) atoms. The summed E-state index contributed by atoms with van der Waals surface area (Å²) in [5.74, 6) is 0.672. The summed E-state index contributed by atoms with van der Waals surface area (Å²) in [6, 6.07) is 7.25. The van der Waals surface area contributed by atoms with E-state index in [2.05, 4.69) is 15.0 Å². The van der Waals surface area contributed by atoms with Crippen LogP contribution in [0.1, 0.15) is 37.7 Å². The Morgan fingerprint density at radius 2 is 1.93 bits per heavy atom. The number of rotatable bonds is 3. The molecule has 0 aliphatic rings. The van der Waals surface area contributed by atoms with Gasteiger partial charge in [0.25, 0.3) is 11.1 Å². The maximum atomic E-state index is 12.8. The summed E-state index contributed by atoms with van der Waals surface area (Å²) in [7, 11) is 3.15. The Balaban J connectivity index is 2.20. The highest BCUT2D eigenvalue weighted by molar-refractivity contribution is 5.51. The van der Waals surface area contributed by atoms with Crippen LogP contribution in [0, 0.1) is 0 Å². The lowest BCUT2D eigenvalue weighted by atomic mass is 9.90. The Hall–Kier alpha value is -3.35. The standard InChI is InChI=1S/C21H24N4O3/c1-21(2,3)18-15(22-12-23-18)11-17-19(26)24-16(20(27)25(17)4)10-13-7-6-8-14(9-13)28-5/h6-12H,1-5H3,(H,22,23)(H,24,26)/b16-10-,17-11-. The molecule has 3 aromatic rings. The van der Waals surface area contributed by atoms with Gasteiger partial charge in [0.15, 0.2) is 0 Å². The number of H-pyrrole nitrogens is 2. The van der Waals surface area contributed by atoms with E-state index < -0.39 is 0 Å². The molecule has 1 aromatic carbocycles. The minimum Gasteiger partial charge on any atom is -0.497 e. The van der Waals surface area contributed by atoms with Crippen molar-refractivity contribution in [1.82, 2.24) is 19.5 Å². The summed E-state index contributed by atoms with van der Waals surface area (Å²) in [5, 5.41) is 0.446. The third kappa shape index (κ3) is 3.83. The second-order valence-corrected chi connectivity index (χ2v) is 7.60. The molecule has 0 unspecified atom stereocenters. The monoisotopic (exact) mass is 380 g/mol. The van der Waals surface area contributed by atoms with E-state index in [4.69, 9.17) is 4.74 Å². The van der Waals surface area contributed by atoms with E-state index >= 15 is 0 Å². The molecule has 7 heteroatoms. The molecule has 0 fully saturated rings. The van der Waals surface area contributed by atoms with Crippen LogP contribution in [-0.2, 0) is 12.5 Å². The van der Waals surface area contributed by atoms with Crippen LogP contribution in [0.15, 0.2) is 40.2 Å². The average Bonchev–Trinajstić information content (AvgIpc) is 3.12. The maximum Gasteiger partial charge on any atom is 0.274 e. The van der Waals surface area contributed by atoms with Gasteiger partial charge < -0.3 is 19.3 Å². The number of imidazole rings is 1. The number of aromatic nitrogens is 4. The Kier molecular flexibility index (Phi) is 5.09. The number of ether oxygens (including phenoxy) is 1. The van der Waals surface area contributed by atoms with Gasteiger partial charge in [0.1, 0.15) is 16.4 Å². The Morgan fingerprint density at radius 1 is 1.18 bits per heavy atom. The summed E-state index contributed by atoms with van der Waals surface area (Å²) in [6.07, 6.45) is 4.85. The number of methoxy groups -OCH3 is 1. The molecule has 0 saturated carbocycles. The lowest BCUT2D eigenvalue weighted by Gasteiger charge is -2.17. The van der Waals surface area contributed by atoms with E-state index in [1.54, 1.807) is 38.7 Å². The molecule has 2 aromatic heterocycles. The molecule has 0 aliphatic carbocycles. The van der Waals surface area contributed by atoms with E-state index in [1.165, 1.54) is 4.57 Å². The fourth-order valence-electron chi connectivity index (χ4n) is 2.98. The van der Waals surface area contributed by atoms with Gasteiger partial charge in [-0.15, -0.1) is 0 Å². The van der Waals surface area contributed by atoms with Crippen molar-refractivity contribution in [2.24, 2.45) is 7.05 Å². The first-order chi connectivity index (χ1) is 13.2. The normalized spacial score (nSPS) is 13.2. The largest absolute Gasteiger partial charge is 0.497 e. The van der Waals surface area contributed by atoms with Crippen molar-refractivity contribution in [1.29, 1.82) is 0 Å². The molecule has 0 radical (unpaired) electrons. The van der Waals surface area contributed by atoms with Crippen molar-refractivity contribution >= 4 is 12.2 Å². The van der Waals surface area contributed by atoms with Crippen molar-refractivity contribution in [3.05, 3.63) is 78.9 Å². The highest BCUT2D eigenvalue weighted by Gasteiger charge is 2.19. The minimum atomic E-state index is -0.362. The molecule has 0 atom stereocenters. The number of nitrogens with zero attached hydrogens (tertiary/aromatic N) is 2. The van der Waals surface area contributed by atoms with E-state index in [0.717, 1.165) is 11.3 Å². The molecule has 0 amide bonds. The molecular weight excluding hydrogens is 356 g/mol. The zero-order valence-electron chi connectivity index (χ0n) is 16.7. The van der Waals surface area contributed by atoms with Crippen LogP contribution in [-0.4, -0.2) is 26.6 Å². The van der Waals surface area contributed by atoms with Crippen molar-refractivity contribution < 1.29 is 4.74 Å². The van der Waals surface area contributed by atoms with Gasteiger partial charge in [-0.1, -0.05) is 32.9 Å². The molecule has 7 nitrogen and oxygen atoms in total. The Morgan fingerprint density at radius 3 is 2.61 bits per heavy atom. The molecular formula is C21H24N4O3.